The molecule has 1 aliphatic carbocycles. The summed E-state index contributed by atoms with van der Waals surface area (Å²) in [6.45, 7) is 6.98. The van der Waals surface area contributed by atoms with Gasteiger partial charge < -0.3 is 5.73 Å². The van der Waals surface area contributed by atoms with Gasteiger partial charge in [0, 0.05) is 6.04 Å². The lowest BCUT2D eigenvalue weighted by atomic mass is 9.71. The maximum Gasteiger partial charge on any atom is 0.00956 e. The molecule has 0 amide bonds. The second-order valence-electron chi connectivity index (χ2n) is 6.62. The van der Waals surface area contributed by atoms with Crippen LogP contribution in [0.3, 0.4) is 0 Å². The third-order valence-corrected chi connectivity index (χ3v) is 4.57. The van der Waals surface area contributed by atoms with Gasteiger partial charge in [-0.25, -0.2) is 0 Å². The summed E-state index contributed by atoms with van der Waals surface area (Å²) in [5.74, 6) is 0.801. The first-order valence-electron chi connectivity index (χ1n) is 7.86. The summed E-state index contributed by atoms with van der Waals surface area (Å²) in [4.78, 5) is 0. The fourth-order valence-electron chi connectivity index (χ4n) is 3.72. The minimum atomic E-state index is 0.462. The molecule has 1 atom stereocenters. The van der Waals surface area contributed by atoms with Crippen LogP contribution in [0.15, 0.2) is 0 Å². The van der Waals surface area contributed by atoms with Crippen molar-refractivity contribution in [2.75, 3.05) is 0 Å². The van der Waals surface area contributed by atoms with Crippen LogP contribution in [-0.4, -0.2) is 6.04 Å². The van der Waals surface area contributed by atoms with Gasteiger partial charge in [0.05, 0.1) is 0 Å². The van der Waals surface area contributed by atoms with Gasteiger partial charge in [-0.3, -0.25) is 0 Å². The predicted octanol–water partition coefficient (Wildman–Crippen LogP) is 4.89. The molecule has 0 heterocycles. The Kier molecular flexibility index (Phi) is 6.54. The molecule has 1 fully saturated rings. The van der Waals surface area contributed by atoms with Crippen molar-refractivity contribution < 1.29 is 0 Å². The lowest BCUT2D eigenvalue weighted by molar-refractivity contribution is 0.173. The first kappa shape index (κ1) is 15.0. The Morgan fingerprint density at radius 3 is 2.24 bits per heavy atom. The first-order chi connectivity index (χ1) is 8.10. The highest BCUT2D eigenvalue weighted by molar-refractivity contribution is 4.93. The summed E-state index contributed by atoms with van der Waals surface area (Å²) < 4.78 is 0. The second-order valence-corrected chi connectivity index (χ2v) is 6.62. The van der Waals surface area contributed by atoms with E-state index in [0.29, 0.717) is 11.5 Å². The Morgan fingerprint density at radius 2 is 1.71 bits per heavy atom. The average Bonchev–Trinajstić information content (AvgIpc) is 2.73. The molecule has 0 radical (unpaired) electrons. The Balaban J connectivity index is 2.40. The normalized spacial score (nSPS) is 21.0. The molecule has 1 unspecified atom stereocenters. The zero-order valence-corrected chi connectivity index (χ0v) is 12.3. The highest BCUT2D eigenvalue weighted by Gasteiger charge is 2.39. The fraction of sp³-hybridized carbons (Fsp3) is 1.00. The molecule has 0 spiro atoms. The maximum atomic E-state index is 6.54. The van der Waals surface area contributed by atoms with Crippen molar-refractivity contribution >= 4 is 0 Å². The largest absolute Gasteiger partial charge is 0.327 e. The van der Waals surface area contributed by atoms with Gasteiger partial charge >= 0.3 is 0 Å². The number of nitrogens with two attached hydrogens (primary N) is 1. The van der Waals surface area contributed by atoms with Crippen LogP contribution in [0.4, 0.5) is 0 Å². The van der Waals surface area contributed by atoms with Gasteiger partial charge in [-0.05, 0) is 37.0 Å². The van der Waals surface area contributed by atoms with Crippen LogP contribution in [0, 0.1) is 11.3 Å². The third-order valence-electron chi connectivity index (χ3n) is 4.57. The lowest BCUT2D eigenvalue weighted by Gasteiger charge is -2.37. The van der Waals surface area contributed by atoms with Gasteiger partial charge in [0.25, 0.3) is 0 Å². The summed E-state index contributed by atoms with van der Waals surface area (Å²) >= 11 is 0. The highest BCUT2D eigenvalue weighted by atomic mass is 14.7. The molecule has 0 aromatic rings. The van der Waals surface area contributed by atoms with E-state index in [4.69, 9.17) is 5.73 Å². The van der Waals surface area contributed by atoms with Gasteiger partial charge in [-0.1, -0.05) is 59.3 Å². The molecule has 1 aliphatic rings. The van der Waals surface area contributed by atoms with Crippen molar-refractivity contribution in [1.29, 1.82) is 0 Å². The van der Waals surface area contributed by atoms with E-state index in [1.165, 1.54) is 64.2 Å². The molecule has 0 aromatic carbocycles. The maximum absolute atomic E-state index is 6.54. The summed E-state index contributed by atoms with van der Waals surface area (Å²) in [5.41, 5.74) is 7.04. The van der Waals surface area contributed by atoms with Crippen molar-refractivity contribution in [2.45, 2.75) is 91.0 Å². The zero-order chi connectivity index (χ0) is 12.7. The molecule has 0 saturated heterocycles. The van der Waals surface area contributed by atoms with Crippen LogP contribution in [-0.2, 0) is 0 Å². The Bertz CT molecular complexity index is 192. The van der Waals surface area contributed by atoms with Gasteiger partial charge in [0.15, 0.2) is 0 Å². The monoisotopic (exact) mass is 239 g/mol. The third kappa shape index (κ3) is 4.62. The van der Waals surface area contributed by atoms with Crippen LogP contribution in [0.5, 0.6) is 0 Å². The van der Waals surface area contributed by atoms with E-state index in [-0.39, 0.29) is 0 Å². The number of rotatable bonds is 8. The van der Waals surface area contributed by atoms with Crippen LogP contribution >= 0.6 is 0 Å². The summed E-state index contributed by atoms with van der Waals surface area (Å²) in [6, 6.07) is 0.462. The van der Waals surface area contributed by atoms with E-state index in [2.05, 4.69) is 20.8 Å². The lowest BCUT2D eigenvalue weighted by Crippen LogP contribution is -2.40. The molecule has 0 aromatic heterocycles. The SMILES string of the molecule is CCCCCCC(N)C1(CC(C)C)CCCC1. The number of unbranched alkanes of at least 4 members (excludes halogenated alkanes) is 3. The topological polar surface area (TPSA) is 26.0 Å². The van der Waals surface area contributed by atoms with Gasteiger partial charge in [0.2, 0.25) is 0 Å². The van der Waals surface area contributed by atoms with Crippen LogP contribution < -0.4 is 5.73 Å². The number of hydrogen-bond donors (Lipinski definition) is 1. The van der Waals surface area contributed by atoms with Crippen molar-refractivity contribution in [3.05, 3.63) is 0 Å². The molecule has 1 rings (SSSR count). The molecular formula is C16H33N. The van der Waals surface area contributed by atoms with E-state index in [0.717, 1.165) is 5.92 Å². The van der Waals surface area contributed by atoms with Gasteiger partial charge in [-0.2, -0.15) is 0 Å². The molecule has 102 valence electrons. The Labute approximate surface area is 109 Å². The molecular weight excluding hydrogens is 206 g/mol. The van der Waals surface area contributed by atoms with Crippen LogP contribution in [0.1, 0.15) is 85.0 Å². The smallest absolute Gasteiger partial charge is 0.00956 e. The molecule has 0 aliphatic heterocycles. The fourth-order valence-corrected chi connectivity index (χ4v) is 3.72. The molecule has 1 saturated carbocycles. The second kappa shape index (κ2) is 7.41. The molecule has 17 heavy (non-hydrogen) atoms. The quantitative estimate of drug-likeness (QED) is 0.600. The molecule has 1 nitrogen and oxygen atoms in total. The van der Waals surface area contributed by atoms with Crippen molar-refractivity contribution in [1.82, 2.24) is 0 Å². The highest BCUT2D eigenvalue weighted by Crippen LogP contribution is 2.46. The van der Waals surface area contributed by atoms with E-state index < -0.39 is 0 Å². The average molecular weight is 239 g/mol. The minimum Gasteiger partial charge on any atom is -0.327 e. The summed E-state index contributed by atoms with van der Waals surface area (Å²) in [5, 5.41) is 0. The summed E-state index contributed by atoms with van der Waals surface area (Å²) in [6.07, 6.45) is 13.6. The van der Waals surface area contributed by atoms with Gasteiger partial charge in [0.1, 0.15) is 0 Å². The first-order valence-corrected chi connectivity index (χ1v) is 7.86. The van der Waals surface area contributed by atoms with E-state index in [1.807, 2.05) is 0 Å². The van der Waals surface area contributed by atoms with Crippen LogP contribution in [0.25, 0.3) is 0 Å². The van der Waals surface area contributed by atoms with E-state index in [1.54, 1.807) is 0 Å². The summed E-state index contributed by atoms with van der Waals surface area (Å²) in [7, 11) is 0. The van der Waals surface area contributed by atoms with E-state index in [9.17, 15) is 0 Å². The van der Waals surface area contributed by atoms with Gasteiger partial charge in [-0.15, -0.1) is 0 Å². The van der Waals surface area contributed by atoms with Crippen molar-refractivity contribution in [3.63, 3.8) is 0 Å². The molecule has 1 heteroatoms. The number of hydrogen-bond acceptors (Lipinski definition) is 1. The van der Waals surface area contributed by atoms with Crippen molar-refractivity contribution in [3.8, 4) is 0 Å². The van der Waals surface area contributed by atoms with Crippen LogP contribution in [0.2, 0.25) is 0 Å². The molecule has 0 bridgehead atoms. The minimum absolute atomic E-state index is 0.462. The Hall–Kier alpha value is -0.0400. The molecule has 2 N–H and O–H groups in total. The standard InChI is InChI=1S/C16H33N/c1-4-5-6-7-10-15(17)16(13-14(2)3)11-8-9-12-16/h14-15H,4-13,17H2,1-3H3. The predicted molar refractivity (Wildman–Crippen MR) is 77.1 cm³/mol. The zero-order valence-electron chi connectivity index (χ0n) is 12.3. The van der Waals surface area contributed by atoms with E-state index >= 15 is 0 Å². The van der Waals surface area contributed by atoms with Crippen molar-refractivity contribution in [2.24, 2.45) is 17.1 Å². The Morgan fingerprint density at radius 1 is 1.06 bits per heavy atom.